The Hall–Kier alpha value is -6.19. The molecule has 346 valence electrons. The molecule has 6 N–H and O–H groups in total. The van der Waals surface area contributed by atoms with E-state index in [2.05, 4.69) is 10.6 Å². The molecule has 5 rings (SSSR count). The molecule has 0 unspecified atom stereocenters. The highest BCUT2D eigenvalue weighted by Crippen LogP contribution is 2.42. The molecule has 0 saturated carbocycles. The molecular formula is C48H64FN7O8. The second-order valence-corrected chi connectivity index (χ2v) is 16.7. The van der Waals surface area contributed by atoms with Gasteiger partial charge in [0.25, 0.3) is 0 Å². The number of ether oxygens (including phenoxy) is 2. The van der Waals surface area contributed by atoms with Gasteiger partial charge in [-0.3, -0.25) is 19.2 Å². The van der Waals surface area contributed by atoms with Crippen LogP contribution in [0.4, 0.5) is 19.7 Å². The number of hydrogen-bond acceptors (Lipinski definition) is 9. The highest BCUT2D eigenvalue weighted by Gasteiger charge is 2.53. The first kappa shape index (κ1) is 48.8. The molecule has 2 fully saturated rings. The summed E-state index contributed by atoms with van der Waals surface area (Å²) in [5.74, 6) is -2.93. The van der Waals surface area contributed by atoms with Gasteiger partial charge in [0.2, 0.25) is 23.6 Å². The van der Waals surface area contributed by atoms with Crippen molar-refractivity contribution in [3.05, 3.63) is 101 Å². The fraction of sp³-hybridized carbons (Fsp3) is 0.500. The van der Waals surface area contributed by atoms with E-state index in [9.17, 15) is 33.2 Å². The largest absolute Gasteiger partial charge is 0.453 e. The van der Waals surface area contributed by atoms with Gasteiger partial charge in [-0.2, -0.15) is 0 Å². The van der Waals surface area contributed by atoms with E-state index in [1.807, 2.05) is 56.9 Å². The molecule has 0 aromatic heterocycles. The molecule has 2 saturated heterocycles. The molecular weight excluding hydrogens is 822 g/mol. The number of nitrogens with zero attached hydrogens (tertiary/aromatic N) is 3. The molecule has 3 aromatic carbocycles. The number of benzene rings is 3. The zero-order valence-electron chi connectivity index (χ0n) is 37.9. The Balaban J connectivity index is 1.43. The lowest BCUT2D eigenvalue weighted by Gasteiger charge is -2.39. The van der Waals surface area contributed by atoms with Crippen LogP contribution in [0.25, 0.3) is 0 Å². The maximum Gasteiger partial charge on any atom is 0.407 e. The van der Waals surface area contributed by atoms with E-state index in [-0.39, 0.29) is 24.9 Å². The molecule has 64 heavy (non-hydrogen) atoms. The molecule has 3 aromatic rings. The summed E-state index contributed by atoms with van der Waals surface area (Å²) in [7, 11) is 2.47. The van der Waals surface area contributed by atoms with Crippen LogP contribution in [0, 0.1) is 17.7 Å². The van der Waals surface area contributed by atoms with Gasteiger partial charge >= 0.3 is 12.2 Å². The van der Waals surface area contributed by atoms with Crippen LogP contribution >= 0.6 is 0 Å². The third-order valence-electron chi connectivity index (χ3n) is 13.4. The lowest BCUT2D eigenvalue weighted by molar-refractivity contribution is -0.146. The molecule has 0 aliphatic carbocycles. The summed E-state index contributed by atoms with van der Waals surface area (Å²) < 4.78 is 23.9. The van der Waals surface area contributed by atoms with Gasteiger partial charge in [0.15, 0.2) is 0 Å². The van der Waals surface area contributed by atoms with E-state index in [0.717, 1.165) is 16.8 Å². The van der Waals surface area contributed by atoms with E-state index in [1.54, 1.807) is 36.4 Å². The van der Waals surface area contributed by atoms with E-state index < -0.39 is 64.8 Å². The number of amides is 6. The number of alkyl carbamates (subject to hydrolysis) is 2. The maximum absolute atomic E-state index is 14.3. The highest BCUT2D eigenvalue weighted by molar-refractivity contribution is 5.96. The zero-order valence-corrected chi connectivity index (χ0v) is 37.9. The third-order valence-corrected chi connectivity index (χ3v) is 13.4. The number of rotatable bonds is 19. The van der Waals surface area contributed by atoms with Crippen LogP contribution in [-0.4, -0.2) is 85.0 Å². The quantitative estimate of drug-likeness (QED) is 0.112. The normalized spacial score (nSPS) is 19.3. The monoisotopic (exact) mass is 885 g/mol. The van der Waals surface area contributed by atoms with Crippen LogP contribution in [0.15, 0.2) is 72.8 Å². The number of carbonyl (C=O) groups excluding carboxylic acids is 6. The van der Waals surface area contributed by atoms with Gasteiger partial charge in [-0.05, 0) is 84.0 Å². The van der Waals surface area contributed by atoms with Gasteiger partial charge in [0.1, 0.15) is 29.0 Å². The number of likely N-dealkylation sites (tertiary alicyclic amines) is 2. The van der Waals surface area contributed by atoms with Crippen LogP contribution < -0.4 is 27.0 Å². The molecule has 6 amide bonds. The predicted molar refractivity (Wildman–Crippen MR) is 240 cm³/mol. The Bertz CT molecular complexity index is 1990. The third kappa shape index (κ3) is 9.95. The van der Waals surface area contributed by atoms with E-state index >= 15 is 0 Å². The summed E-state index contributed by atoms with van der Waals surface area (Å²) >= 11 is 0. The first-order valence-electron chi connectivity index (χ1n) is 22.3. The molecule has 2 aliphatic heterocycles. The van der Waals surface area contributed by atoms with Gasteiger partial charge in [-0.25, -0.2) is 14.0 Å². The number of carbonyl (C=O) groups is 6. The summed E-state index contributed by atoms with van der Waals surface area (Å²) in [6, 6.07) is 19.0. The minimum Gasteiger partial charge on any atom is -0.453 e. The maximum atomic E-state index is 14.3. The van der Waals surface area contributed by atoms with Crippen molar-refractivity contribution >= 4 is 41.5 Å². The number of nitrogens with two attached hydrogens (primary N) is 2. The van der Waals surface area contributed by atoms with Crippen molar-refractivity contribution in [3.63, 3.8) is 0 Å². The molecule has 0 bridgehead atoms. The van der Waals surface area contributed by atoms with Crippen molar-refractivity contribution in [3.8, 4) is 0 Å². The van der Waals surface area contributed by atoms with Crippen molar-refractivity contribution < 1.29 is 42.6 Å². The summed E-state index contributed by atoms with van der Waals surface area (Å²) in [6.45, 7) is 9.03. The lowest BCUT2D eigenvalue weighted by Crippen LogP contribution is -2.60. The topological polar surface area (TPSA) is 207 Å². The van der Waals surface area contributed by atoms with Crippen LogP contribution in [0.5, 0.6) is 0 Å². The fourth-order valence-electron chi connectivity index (χ4n) is 9.72. The minimum absolute atomic E-state index is 0.200. The van der Waals surface area contributed by atoms with Crippen molar-refractivity contribution in [1.29, 1.82) is 0 Å². The van der Waals surface area contributed by atoms with E-state index in [1.165, 1.54) is 36.2 Å². The van der Waals surface area contributed by atoms with E-state index in [4.69, 9.17) is 20.9 Å². The molecule has 16 heteroatoms. The molecule has 0 spiro atoms. The Labute approximate surface area is 375 Å². The number of hydrogen-bond donors (Lipinski definition) is 4. The fourth-order valence-corrected chi connectivity index (χ4v) is 9.72. The van der Waals surface area contributed by atoms with Crippen molar-refractivity contribution in [2.75, 3.05) is 32.2 Å². The predicted octanol–water partition coefficient (Wildman–Crippen LogP) is 5.96. The zero-order chi connectivity index (χ0) is 46.8. The molecule has 4 atom stereocenters. The number of methoxy groups -OCH3 is 2. The van der Waals surface area contributed by atoms with Gasteiger partial charge in [0, 0.05) is 31.9 Å². The SMILES string of the molecule is CCC(CC)[C@H](NC(=O)OC)C(=O)N1CCC[C@@]1(C(N)=O)c1ccc(CN(Cc2ccc([C@]3(C(N)=O)CCCN3C(=O)[C@@H](NC(=O)OC)C(CC)CC)cc2)c2ccc(F)cc2)cc1. The minimum atomic E-state index is -1.44. The standard InChI is InChI=1S/C48H64FN7O8/c1-7-33(8-2)39(52-45(61)63-5)41(57)55-27-11-25-47(55,43(50)59)35-17-13-31(14-18-35)29-54(38-23-21-37(49)22-24-38)30-32-15-19-36(20-16-32)48(44(51)60)26-12-28-56(48)42(58)40(34(9-3)10-4)53-46(62)64-6/h13-24,33-34,39-40H,7-12,25-30H2,1-6H3,(H2,50,59)(H2,51,60)(H,52,61)(H,53,62)/t39-,40-,47-,48-/m0/s1. The van der Waals surface area contributed by atoms with Crippen LogP contribution in [0.3, 0.4) is 0 Å². The van der Waals surface area contributed by atoms with Crippen LogP contribution in [-0.2, 0) is 52.8 Å². The smallest absolute Gasteiger partial charge is 0.407 e. The van der Waals surface area contributed by atoms with Gasteiger partial charge < -0.3 is 46.3 Å². The van der Waals surface area contributed by atoms with Gasteiger partial charge in [-0.1, -0.05) is 102 Å². The molecule has 2 aliphatic rings. The number of nitrogens with one attached hydrogen (secondary N) is 2. The molecule has 15 nitrogen and oxygen atoms in total. The van der Waals surface area contributed by atoms with Gasteiger partial charge in [-0.15, -0.1) is 0 Å². The summed E-state index contributed by atoms with van der Waals surface area (Å²) in [6.07, 6.45) is 2.66. The van der Waals surface area contributed by atoms with Crippen molar-refractivity contribution in [1.82, 2.24) is 20.4 Å². The number of primary amides is 2. The average molecular weight is 886 g/mol. The van der Waals surface area contributed by atoms with Crippen molar-refractivity contribution in [2.24, 2.45) is 23.3 Å². The second kappa shape index (κ2) is 21.5. The number of halogens is 1. The highest BCUT2D eigenvalue weighted by atomic mass is 19.1. The van der Waals surface area contributed by atoms with Crippen LogP contribution in [0.1, 0.15) is 101 Å². The second-order valence-electron chi connectivity index (χ2n) is 16.7. The first-order valence-corrected chi connectivity index (χ1v) is 22.3. The summed E-state index contributed by atoms with van der Waals surface area (Å²) in [4.78, 5) is 85.4. The number of anilines is 1. The Morgan fingerprint density at radius 2 is 0.984 bits per heavy atom. The van der Waals surface area contributed by atoms with E-state index in [0.29, 0.717) is 75.6 Å². The van der Waals surface area contributed by atoms with Gasteiger partial charge in [0.05, 0.1) is 14.2 Å². The summed E-state index contributed by atoms with van der Waals surface area (Å²) in [5, 5.41) is 5.41. The van der Waals surface area contributed by atoms with Crippen molar-refractivity contribution in [2.45, 2.75) is 115 Å². The Morgan fingerprint density at radius 1 is 0.625 bits per heavy atom. The first-order chi connectivity index (χ1) is 30.6. The Kier molecular flexibility index (Phi) is 16.4. The summed E-state index contributed by atoms with van der Waals surface area (Å²) in [5.41, 5.74) is 13.0. The molecule has 0 radical (unpaired) electrons. The Morgan fingerprint density at radius 3 is 1.30 bits per heavy atom. The lowest BCUT2D eigenvalue weighted by atomic mass is 9.84. The van der Waals surface area contributed by atoms with Crippen LogP contribution in [0.2, 0.25) is 0 Å². The molecule has 2 heterocycles. The average Bonchev–Trinajstić information content (AvgIpc) is 3.96.